The number of halogens is 3. The Morgan fingerprint density at radius 2 is 1.91 bits per heavy atom. The normalized spacial score (nSPS) is 14.4. The van der Waals surface area contributed by atoms with E-state index in [1.54, 1.807) is 29.9 Å². The summed E-state index contributed by atoms with van der Waals surface area (Å²) < 4.78 is 40.5. The van der Waals surface area contributed by atoms with Crippen LogP contribution in [0.4, 0.5) is 18.9 Å². The summed E-state index contributed by atoms with van der Waals surface area (Å²) in [5.74, 6) is -0.837. The number of alkyl halides is 3. The Morgan fingerprint density at radius 3 is 2.50 bits per heavy atom. The lowest BCUT2D eigenvalue weighted by molar-refractivity contribution is -0.141. The number of nitrogens with zero attached hydrogens (tertiary/aromatic N) is 3. The predicted molar refractivity (Wildman–Crippen MR) is 113 cm³/mol. The largest absolute Gasteiger partial charge is 0.433 e. The van der Waals surface area contributed by atoms with Gasteiger partial charge < -0.3 is 15.5 Å². The van der Waals surface area contributed by atoms with E-state index in [9.17, 15) is 28.2 Å². The van der Waals surface area contributed by atoms with Crippen molar-refractivity contribution in [2.24, 2.45) is 0 Å². The molecule has 10 heteroatoms. The highest BCUT2D eigenvalue weighted by atomic mass is 19.4. The SMILES string of the molecule is CC(O)CC(C)n1cc2cc(NC(=O)c3cccc(C(F)(F)F)n3)c(C(C)(C)O)cc2n1. The van der Waals surface area contributed by atoms with Crippen LogP contribution in [0.1, 0.15) is 61.9 Å². The summed E-state index contributed by atoms with van der Waals surface area (Å²) in [7, 11) is 0. The summed E-state index contributed by atoms with van der Waals surface area (Å²) in [4.78, 5) is 16.1. The van der Waals surface area contributed by atoms with Gasteiger partial charge in [-0.3, -0.25) is 9.48 Å². The Morgan fingerprint density at radius 1 is 1.22 bits per heavy atom. The van der Waals surface area contributed by atoms with Gasteiger partial charge in [-0.2, -0.15) is 18.3 Å². The molecule has 0 saturated carbocycles. The second-order valence-corrected chi connectivity index (χ2v) is 8.42. The number of aliphatic hydroxyl groups is 2. The molecule has 3 rings (SSSR count). The van der Waals surface area contributed by atoms with Gasteiger partial charge in [-0.05, 0) is 58.4 Å². The Labute approximate surface area is 182 Å². The molecule has 3 aromatic rings. The van der Waals surface area contributed by atoms with Crippen molar-refractivity contribution in [1.82, 2.24) is 14.8 Å². The molecule has 2 unspecified atom stereocenters. The molecule has 2 aromatic heterocycles. The highest BCUT2D eigenvalue weighted by molar-refractivity contribution is 6.04. The van der Waals surface area contributed by atoms with Crippen molar-refractivity contribution in [2.75, 3.05) is 5.32 Å². The first-order chi connectivity index (χ1) is 14.8. The van der Waals surface area contributed by atoms with Gasteiger partial charge in [0.25, 0.3) is 5.91 Å². The van der Waals surface area contributed by atoms with E-state index in [1.807, 2.05) is 6.92 Å². The average Bonchev–Trinajstić information content (AvgIpc) is 3.09. The quantitative estimate of drug-likeness (QED) is 0.521. The number of nitrogens with one attached hydrogen (secondary N) is 1. The van der Waals surface area contributed by atoms with E-state index in [2.05, 4.69) is 15.4 Å². The molecule has 1 amide bonds. The predicted octanol–water partition coefficient (Wildman–Crippen LogP) is 4.26. The molecule has 0 aliphatic rings. The zero-order valence-corrected chi connectivity index (χ0v) is 18.1. The van der Waals surface area contributed by atoms with E-state index in [4.69, 9.17) is 0 Å². The number of carbonyl (C=O) groups excluding carboxylic acids is 1. The van der Waals surface area contributed by atoms with E-state index in [0.29, 0.717) is 22.9 Å². The fourth-order valence-electron chi connectivity index (χ4n) is 3.43. The number of rotatable bonds is 6. The molecule has 0 aliphatic carbocycles. The van der Waals surface area contributed by atoms with Crippen LogP contribution in [-0.2, 0) is 11.8 Å². The number of pyridine rings is 1. The number of benzene rings is 1. The molecular formula is C22H25F3N4O3. The van der Waals surface area contributed by atoms with Gasteiger partial charge in [-0.15, -0.1) is 0 Å². The number of carbonyl (C=O) groups is 1. The van der Waals surface area contributed by atoms with Crippen LogP contribution >= 0.6 is 0 Å². The monoisotopic (exact) mass is 450 g/mol. The highest BCUT2D eigenvalue weighted by Gasteiger charge is 2.33. The van der Waals surface area contributed by atoms with Crippen LogP contribution in [0, 0.1) is 0 Å². The van der Waals surface area contributed by atoms with Gasteiger partial charge >= 0.3 is 6.18 Å². The first kappa shape index (κ1) is 23.7. The van der Waals surface area contributed by atoms with Gasteiger partial charge in [-0.25, -0.2) is 4.98 Å². The minimum absolute atomic E-state index is 0.0969. The molecule has 3 N–H and O–H groups in total. The van der Waals surface area contributed by atoms with Gasteiger partial charge in [-0.1, -0.05) is 6.07 Å². The summed E-state index contributed by atoms with van der Waals surface area (Å²) in [6.45, 7) is 6.64. The van der Waals surface area contributed by atoms with Gasteiger partial charge in [0.2, 0.25) is 0 Å². The molecule has 0 spiro atoms. The van der Waals surface area contributed by atoms with E-state index < -0.39 is 35.2 Å². The van der Waals surface area contributed by atoms with E-state index in [1.165, 1.54) is 19.9 Å². The second kappa shape index (κ2) is 8.51. The molecule has 0 fully saturated rings. The van der Waals surface area contributed by atoms with Crippen molar-refractivity contribution in [1.29, 1.82) is 0 Å². The van der Waals surface area contributed by atoms with Crippen LogP contribution in [0.15, 0.2) is 36.5 Å². The topological polar surface area (TPSA) is 100 Å². The maximum absolute atomic E-state index is 12.9. The Kier molecular flexibility index (Phi) is 6.30. The summed E-state index contributed by atoms with van der Waals surface area (Å²) in [5, 5.41) is 28.0. The maximum atomic E-state index is 12.9. The van der Waals surface area contributed by atoms with E-state index in [0.717, 1.165) is 12.1 Å². The van der Waals surface area contributed by atoms with Gasteiger partial charge in [0.15, 0.2) is 0 Å². The molecule has 0 aliphatic heterocycles. The number of fused-ring (bicyclic) bond motifs is 1. The van der Waals surface area contributed by atoms with E-state index >= 15 is 0 Å². The minimum Gasteiger partial charge on any atom is -0.393 e. The Bertz CT molecular complexity index is 1130. The van der Waals surface area contributed by atoms with Crippen LogP contribution < -0.4 is 5.32 Å². The van der Waals surface area contributed by atoms with Crippen molar-refractivity contribution in [3.8, 4) is 0 Å². The minimum atomic E-state index is -4.68. The van der Waals surface area contributed by atoms with Crippen LogP contribution in [0.25, 0.3) is 10.9 Å². The lowest BCUT2D eigenvalue weighted by Gasteiger charge is -2.22. The van der Waals surface area contributed by atoms with Crippen LogP contribution in [-0.4, -0.2) is 37.0 Å². The third kappa shape index (κ3) is 5.25. The first-order valence-electron chi connectivity index (χ1n) is 10.0. The fraction of sp³-hybridized carbons (Fsp3) is 0.409. The molecule has 0 bridgehead atoms. The third-order valence-electron chi connectivity index (χ3n) is 4.97. The number of amides is 1. The zero-order valence-electron chi connectivity index (χ0n) is 18.1. The third-order valence-corrected chi connectivity index (χ3v) is 4.97. The van der Waals surface area contributed by atoms with Crippen LogP contribution in [0.5, 0.6) is 0 Å². The van der Waals surface area contributed by atoms with Crippen molar-refractivity contribution in [3.63, 3.8) is 0 Å². The maximum Gasteiger partial charge on any atom is 0.433 e. The first-order valence-corrected chi connectivity index (χ1v) is 10.0. The van der Waals surface area contributed by atoms with E-state index in [-0.39, 0.29) is 11.7 Å². The summed E-state index contributed by atoms with van der Waals surface area (Å²) >= 11 is 0. The van der Waals surface area contributed by atoms with Crippen LogP contribution in [0.3, 0.4) is 0 Å². The molecular weight excluding hydrogens is 425 g/mol. The van der Waals surface area contributed by atoms with Crippen molar-refractivity contribution in [3.05, 3.63) is 53.5 Å². The molecule has 2 heterocycles. The van der Waals surface area contributed by atoms with Crippen LogP contribution in [0.2, 0.25) is 0 Å². The average molecular weight is 450 g/mol. The smallest absolute Gasteiger partial charge is 0.393 e. The molecule has 32 heavy (non-hydrogen) atoms. The van der Waals surface area contributed by atoms with Gasteiger partial charge in [0.05, 0.1) is 23.3 Å². The Balaban J connectivity index is 2.00. The zero-order chi connectivity index (χ0) is 23.8. The number of aromatic nitrogens is 3. The van der Waals surface area contributed by atoms with Gasteiger partial charge in [0.1, 0.15) is 11.4 Å². The summed E-state index contributed by atoms with van der Waals surface area (Å²) in [6, 6.07) is 6.21. The molecule has 0 saturated heterocycles. The van der Waals surface area contributed by atoms with Crippen molar-refractivity contribution < 1.29 is 28.2 Å². The number of hydrogen-bond donors (Lipinski definition) is 3. The molecule has 7 nitrogen and oxygen atoms in total. The summed E-state index contributed by atoms with van der Waals surface area (Å²) in [5.41, 5.74) is -1.79. The molecule has 2 atom stereocenters. The summed E-state index contributed by atoms with van der Waals surface area (Å²) in [6.07, 6.45) is -2.96. The Hall–Kier alpha value is -2.98. The second-order valence-electron chi connectivity index (χ2n) is 8.42. The van der Waals surface area contributed by atoms with Crippen molar-refractivity contribution in [2.45, 2.75) is 58.0 Å². The lowest BCUT2D eigenvalue weighted by Crippen LogP contribution is -2.22. The molecule has 1 aromatic carbocycles. The van der Waals surface area contributed by atoms with Crippen molar-refractivity contribution >= 4 is 22.5 Å². The number of anilines is 1. The number of aliphatic hydroxyl groups excluding tert-OH is 1. The molecule has 0 radical (unpaired) electrons. The molecule has 172 valence electrons. The van der Waals surface area contributed by atoms with Gasteiger partial charge in [0, 0.05) is 22.8 Å². The lowest BCUT2D eigenvalue weighted by atomic mass is 9.95. The fourth-order valence-corrected chi connectivity index (χ4v) is 3.43. The number of hydrogen-bond acceptors (Lipinski definition) is 5. The highest BCUT2D eigenvalue weighted by Crippen LogP contribution is 2.33. The standard InChI is InChI=1S/C22H25F3N4O3/c1-12(8-13(2)30)29-11-14-9-18(15(21(3,4)32)10-17(14)28-29)27-20(31)16-6-5-7-19(26-16)22(23,24)25/h5-7,9-13,30,32H,8H2,1-4H3,(H,27,31).